The Morgan fingerprint density at radius 1 is 1.30 bits per heavy atom. The quantitative estimate of drug-likeness (QED) is 0.729. The van der Waals surface area contributed by atoms with Gasteiger partial charge in [0, 0.05) is 25.2 Å². The van der Waals surface area contributed by atoms with Gasteiger partial charge in [-0.25, -0.2) is 0 Å². The number of carbonyl (C=O) groups is 1. The number of nitrogens with zero attached hydrogens (tertiary/aromatic N) is 4. The zero-order valence-corrected chi connectivity index (χ0v) is 17.0. The second kappa shape index (κ2) is 8.86. The minimum Gasteiger partial charge on any atom is -0.379 e. The van der Waals surface area contributed by atoms with Gasteiger partial charge in [0.05, 0.1) is 24.7 Å². The van der Waals surface area contributed by atoms with E-state index in [9.17, 15) is 4.79 Å². The number of aromatic nitrogens is 3. The van der Waals surface area contributed by atoms with Crippen LogP contribution >= 0.6 is 11.8 Å². The molecule has 7 nitrogen and oxygen atoms in total. The van der Waals surface area contributed by atoms with E-state index in [2.05, 4.69) is 34.3 Å². The number of hydrogen-bond acceptors (Lipinski definition) is 6. The Morgan fingerprint density at radius 2 is 2.04 bits per heavy atom. The van der Waals surface area contributed by atoms with Crippen molar-refractivity contribution in [2.45, 2.75) is 31.5 Å². The van der Waals surface area contributed by atoms with Gasteiger partial charge in [0.1, 0.15) is 6.33 Å². The first-order valence-electron chi connectivity index (χ1n) is 9.16. The summed E-state index contributed by atoms with van der Waals surface area (Å²) in [5.74, 6) is 0.310. The average Bonchev–Trinajstić information content (AvgIpc) is 3.14. The molecule has 0 unspecified atom stereocenters. The topological polar surface area (TPSA) is 72.3 Å². The predicted octanol–water partition coefficient (Wildman–Crippen LogP) is 1.89. The van der Waals surface area contributed by atoms with Crippen LogP contribution in [0.15, 0.2) is 35.7 Å². The Morgan fingerprint density at radius 3 is 2.78 bits per heavy atom. The van der Waals surface area contributed by atoms with Crippen molar-refractivity contribution < 1.29 is 9.53 Å². The lowest BCUT2D eigenvalue weighted by atomic mass is 10.0. The maximum atomic E-state index is 12.3. The second-order valence-electron chi connectivity index (χ2n) is 7.25. The Labute approximate surface area is 164 Å². The molecule has 1 aliphatic heterocycles. The zero-order valence-electron chi connectivity index (χ0n) is 16.1. The molecule has 146 valence electrons. The van der Waals surface area contributed by atoms with Crippen molar-refractivity contribution in [3.05, 3.63) is 36.2 Å². The van der Waals surface area contributed by atoms with E-state index >= 15 is 0 Å². The van der Waals surface area contributed by atoms with Crippen LogP contribution in [0.25, 0.3) is 5.69 Å². The molecule has 0 aliphatic carbocycles. The molecule has 3 rings (SSSR count). The van der Waals surface area contributed by atoms with Crippen molar-refractivity contribution in [3.8, 4) is 5.69 Å². The molecular weight excluding hydrogens is 362 g/mol. The van der Waals surface area contributed by atoms with E-state index in [0.29, 0.717) is 17.5 Å². The average molecular weight is 390 g/mol. The largest absolute Gasteiger partial charge is 0.379 e. The summed E-state index contributed by atoms with van der Waals surface area (Å²) in [5, 5.41) is 11.9. The Bertz CT molecular complexity index is 771. The van der Waals surface area contributed by atoms with Crippen LogP contribution in [0.5, 0.6) is 0 Å². The van der Waals surface area contributed by atoms with Crippen molar-refractivity contribution in [1.82, 2.24) is 25.0 Å². The van der Waals surface area contributed by atoms with Crippen LogP contribution in [0.4, 0.5) is 0 Å². The molecule has 1 amide bonds. The summed E-state index contributed by atoms with van der Waals surface area (Å²) in [7, 11) is 0. The van der Waals surface area contributed by atoms with E-state index in [0.717, 1.165) is 37.6 Å². The molecule has 0 atom stereocenters. The Hall–Kier alpha value is -1.90. The van der Waals surface area contributed by atoms with Crippen molar-refractivity contribution in [2.24, 2.45) is 0 Å². The molecular formula is C19H27N5O2S. The fourth-order valence-electron chi connectivity index (χ4n) is 3.10. The number of rotatable bonds is 7. The van der Waals surface area contributed by atoms with Crippen molar-refractivity contribution in [1.29, 1.82) is 0 Å². The number of nitrogens with one attached hydrogen (secondary N) is 1. The maximum Gasteiger partial charge on any atom is 0.230 e. The van der Waals surface area contributed by atoms with Crippen molar-refractivity contribution in [3.63, 3.8) is 0 Å². The van der Waals surface area contributed by atoms with Crippen LogP contribution in [0, 0.1) is 6.92 Å². The highest BCUT2D eigenvalue weighted by molar-refractivity contribution is 7.99. The maximum absolute atomic E-state index is 12.3. The van der Waals surface area contributed by atoms with Gasteiger partial charge in [-0.15, -0.1) is 10.2 Å². The molecule has 0 bridgehead atoms. The van der Waals surface area contributed by atoms with Gasteiger partial charge in [0.15, 0.2) is 5.16 Å². The lowest BCUT2D eigenvalue weighted by Crippen LogP contribution is -2.55. The van der Waals surface area contributed by atoms with Gasteiger partial charge in [-0.3, -0.25) is 14.3 Å². The van der Waals surface area contributed by atoms with Gasteiger partial charge in [-0.1, -0.05) is 30.0 Å². The zero-order chi connectivity index (χ0) is 19.3. The first kappa shape index (κ1) is 19.9. The summed E-state index contributed by atoms with van der Waals surface area (Å²) in [6.07, 6.45) is 1.68. The fraction of sp³-hybridized carbons (Fsp3) is 0.526. The SMILES string of the molecule is Cc1ccccc1-n1cnnc1SCC(=O)NCC(C)(C)N1CCOCC1. The van der Waals surface area contributed by atoms with Crippen LogP contribution in [0.3, 0.4) is 0 Å². The molecule has 1 aromatic heterocycles. The standard InChI is InChI=1S/C19H27N5O2S/c1-15-6-4-5-7-16(15)24-14-21-22-18(24)27-12-17(25)20-13-19(2,3)23-8-10-26-11-9-23/h4-7,14H,8-13H2,1-3H3,(H,20,25). The first-order chi connectivity index (χ1) is 13.0. The van der Waals surface area contributed by atoms with E-state index in [-0.39, 0.29) is 11.4 Å². The number of morpholine rings is 1. The molecule has 0 radical (unpaired) electrons. The summed E-state index contributed by atoms with van der Waals surface area (Å²) in [4.78, 5) is 14.7. The van der Waals surface area contributed by atoms with Gasteiger partial charge < -0.3 is 10.1 Å². The van der Waals surface area contributed by atoms with Crippen LogP contribution in [-0.2, 0) is 9.53 Å². The lowest BCUT2D eigenvalue weighted by molar-refractivity contribution is -0.119. The number of thioether (sulfide) groups is 1. The minimum absolute atomic E-state index is 0.000619. The molecule has 1 N–H and O–H groups in total. The molecule has 1 fully saturated rings. The number of hydrogen-bond donors (Lipinski definition) is 1. The number of benzene rings is 1. The molecule has 2 heterocycles. The lowest BCUT2D eigenvalue weighted by Gasteiger charge is -2.40. The monoisotopic (exact) mass is 389 g/mol. The van der Waals surface area contributed by atoms with E-state index < -0.39 is 0 Å². The molecule has 27 heavy (non-hydrogen) atoms. The molecule has 1 saturated heterocycles. The molecule has 0 spiro atoms. The third-order valence-corrected chi connectivity index (χ3v) is 5.75. The summed E-state index contributed by atoms with van der Waals surface area (Å²) in [6.45, 7) is 10.3. The van der Waals surface area contributed by atoms with Crippen LogP contribution < -0.4 is 5.32 Å². The number of ether oxygens (including phenoxy) is 1. The van der Waals surface area contributed by atoms with Crippen LogP contribution in [0.2, 0.25) is 0 Å². The normalized spacial score (nSPS) is 15.7. The van der Waals surface area contributed by atoms with Gasteiger partial charge in [-0.05, 0) is 32.4 Å². The molecule has 1 aromatic carbocycles. The minimum atomic E-state index is -0.0920. The molecule has 1 aliphatic rings. The highest BCUT2D eigenvalue weighted by atomic mass is 32.2. The number of carbonyl (C=O) groups excluding carboxylic acids is 1. The third-order valence-electron chi connectivity index (χ3n) is 4.81. The van der Waals surface area contributed by atoms with E-state index in [1.54, 1.807) is 6.33 Å². The summed E-state index contributed by atoms with van der Waals surface area (Å²) < 4.78 is 7.33. The molecule has 0 saturated carbocycles. The van der Waals surface area contributed by atoms with Gasteiger partial charge in [0.2, 0.25) is 5.91 Å². The van der Waals surface area contributed by atoms with Gasteiger partial charge in [-0.2, -0.15) is 0 Å². The van der Waals surface area contributed by atoms with Gasteiger partial charge in [0.25, 0.3) is 0 Å². The highest BCUT2D eigenvalue weighted by Gasteiger charge is 2.28. The molecule has 8 heteroatoms. The van der Waals surface area contributed by atoms with E-state index in [4.69, 9.17) is 4.74 Å². The number of para-hydroxylation sites is 1. The summed E-state index contributed by atoms with van der Waals surface area (Å²) >= 11 is 1.40. The molecule has 2 aromatic rings. The van der Waals surface area contributed by atoms with Crippen molar-refractivity contribution >= 4 is 17.7 Å². The van der Waals surface area contributed by atoms with Gasteiger partial charge >= 0.3 is 0 Å². The number of aryl methyl sites for hydroxylation is 1. The first-order valence-corrected chi connectivity index (χ1v) is 10.1. The van der Waals surface area contributed by atoms with E-state index in [1.807, 2.05) is 35.8 Å². The smallest absolute Gasteiger partial charge is 0.230 e. The van der Waals surface area contributed by atoms with Crippen LogP contribution in [0.1, 0.15) is 19.4 Å². The summed E-state index contributed by atoms with van der Waals surface area (Å²) in [5.41, 5.74) is 2.07. The highest BCUT2D eigenvalue weighted by Crippen LogP contribution is 2.21. The second-order valence-corrected chi connectivity index (χ2v) is 8.19. The third kappa shape index (κ3) is 5.09. The fourth-order valence-corrected chi connectivity index (χ4v) is 3.85. The Kier molecular flexibility index (Phi) is 6.51. The van der Waals surface area contributed by atoms with Crippen molar-refractivity contribution in [2.75, 3.05) is 38.6 Å². The van der Waals surface area contributed by atoms with E-state index in [1.165, 1.54) is 11.8 Å². The number of amides is 1. The van der Waals surface area contributed by atoms with Crippen LogP contribution in [-0.4, -0.2) is 69.7 Å². The predicted molar refractivity (Wildman–Crippen MR) is 106 cm³/mol. The summed E-state index contributed by atoms with van der Waals surface area (Å²) in [6, 6.07) is 8.05. The Balaban J connectivity index is 1.53.